The number of alkyl halides is 6. The van der Waals surface area contributed by atoms with Crippen LogP contribution in [0, 0.1) is 6.92 Å². The van der Waals surface area contributed by atoms with Crippen molar-refractivity contribution < 1.29 is 50.1 Å². The number of benzene rings is 2. The Kier molecular flexibility index (Phi) is 9.38. The van der Waals surface area contributed by atoms with Gasteiger partial charge in [0, 0.05) is 11.8 Å². The van der Waals surface area contributed by atoms with Gasteiger partial charge < -0.3 is 19.5 Å². The topological polar surface area (TPSA) is 99.6 Å². The van der Waals surface area contributed by atoms with Gasteiger partial charge in [0.05, 0.1) is 18.2 Å². The van der Waals surface area contributed by atoms with E-state index in [4.69, 9.17) is 9.47 Å². The Labute approximate surface area is 237 Å². The zero-order chi connectivity index (χ0) is 31.5. The van der Waals surface area contributed by atoms with Crippen molar-refractivity contribution in [2.45, 2.75) is 58.8 Å². The molecule has 1 heterocycles. The summed E-state index contributed by atoms with van der Waals surface area (Å²) in [5, 5.41) is 2.49. The smallest absolute Gasteiger partial charge is 0.476 e. The molecule has 1 aromatic heterocycles. The number of carbonyl (C=O) groups excluding carboxylic acids is 2. The van der Waals surface area contributed by atoms with E-state index in [1.54, 1.807) is 52.8 Å². The summed E-state index contributed by atoms with van der Waals surface area (Å²) >= 11 is 0. The maximum Gasteiger partial charge on any atom is 0.573 e. The molecule has 0 bridgehead atoms. The molecule has 0 aliphatic heterocycles. The van der Waals surface area contributed by atoms with Crippen LogP contribution in [-0.4, -0.2) is 40.4 Å². The van der Waals surface area contributed by atoms with Gasteiger partial charge in [-0.15, -0.1) is 13.2 Å². The Balaban J connectivity index is 1.81. The average Bonchev–Trinajstić information content (AvgIpc) is 2.88. The molecule has 0 radical (unpaired) electrons. The van der Waals surface area contributed by atoms with Gasteiger partial charge in [0.25, 0.3) is 5.91 Å². The van der Waals surface area contributed by atoms with Crippen molar-refractivity contribution in [3.05, 3.63) is 71.0 Å². The van der Waals surface area contributed by atoms with Crippen LogP contribution in [0.4, 0.5) is 26.3 Å². The molecule has 1 atom stereocenters. The van der Waals surface area contributed by atoms with Gasteiger partial charge in [-0.1, -0.05) is 12.1 Å². The number of hydrogen-bond donors (Lipinski definition) is 1. The van der Waals surface area contributed by atoms with Crippen LogP contribution in [0.1, 0.15) is 60.9 Å². The van der Waals surface area contributed by atoms with E-state index in [1.165, 1.54) is 0 Å². The molecule has 42 heavy (non-hydrogen) atoms. The van der Waals surface area contributed by atoms with Crippen LogP contribution in [0.15, 0.2) is 48.7 Å². The number of amides is 1. The van der Waals surface area contributed by atoms with E-state index in [-0.39, 0.29) is 12.2 Å². The lowest BCUT2D eigenvalue weighted by Crippen LogP contribution is -2.39. The van der Waals surface area contributed by atoms with E-state index in [0.717, 1.165) is 24.3 Å². The summed E-state index contributed by atoms with van der Waals surface area (Å²) in [6, 6.07) is 7.96. The van der Waals surface area contributed by atoms with Gasteiger partial charge in [-0.2, -0.15) is 13.2 Å². The van der Waals surface area contributed by atoms with Crippen LogP contribution in [-0.2, 0) is 15.7 Å². The van der Waals surface area contributed by atoms with Crippen molar-refractivity contribution in [2.24, 2.45) is 0 Å². The Morgan fingerprint density at radius 1 is 0.976 bits per heavy atom. The third kappa shape index (κ3) is 8.10. The number of nitrogens with one attached hydrogen (secondary N) is 1. The molecule has 14 heteroatoms. The maximum atomic E-state index is 13.9. The predicted octanol–water partition coefficient (Wildman–Crippen LogP) is 6.58. The molecule has 0 aliphatic carbocycles. The minimum atomic E-state index is -5.05. The van der Waals surface area contributed by atoms with Crippen molar-refractivity contribution in [3.63, 3.8) is 0 Å². The fourth-order valence-electron chi connectivity index (χ4n) is 3.74. The van der Waals surface area contributed by atoms with E-state index in [9.17, 15) is 35.9 Å². The standard InChI is InChI=1S/C28H27F6N3O5/c1-6-40-25(39)26(4,5)42-21-12-9-18(13-15(21)2)16(3)36-24(38)20-14-35-23(37-22(20)27(29,30)31)17-7-10-19(11-8-17)41-28(32,33)34/h7-14,16H,6H2,1-5H3,(H,36,38). The molecule has 1 N–H and O–H groups in total. The van der Waals surface area contributed by atoms with Crippen LogP contribution in [0.5, 0.6) is 11.5 Å². The minimum absolute atomic E-state index is 0.0285. The van der Waals surface area contributed by atoms with E-state index in [1.807, 2.05) is 0 Å². The second-order valence-corrected chi connectivity index (χ2v) is 9.58. The molecule has 3 aromatic rings. The van der Waals surface area contributed by atoms with Crippen molar-refractivity contribution in [3.8, 4) is 22.9 Å². The summed E-state index contributed by atoms with van der Waals surface area (Å²) < 4.78 is 93.4. The summed E-state index contributed by atoms with van der Waals surface area (Å²) in [5.41, 5.74) is -2.53. The summed E-state index contributed by atoms with van der Waals surface area (Å²) in [7, 11) is 0. The second kappa shape index (κ2) is 12.2. The Bertz CT molecular complexity index is 1440. The Morgan fingerprint density at radius 2 is 1.62 bits per heavy atom. The number of ether oxygens (including phenoxy) is 3. The molecular formula is C28H27F6N3O5. The van der Waals surface area contributed by atoms with Gasteiger partial charge in [0.15, 0.2) is 17.1 Å². The van der Waals surface area contributed by atoms with Gasteiger partial charge >= 0.3 is 18.5 Å². The third-order valence-corrected chi connectivity index (χ3v) is 5.83. The lowest BCUT2D eigenvalue weighted by Gasteiger charge is -2.25. The monoisotopic (exact) mass is 599 g/mol. The quantitative estimate of drug-likeness (QED) is 0.219. The number of aryl methyl sites for hydroxylation is 1. The zero-order valence-corrected chi connectivity index (χ0v) is 23.1. The van der Waals surface area contributed by atoms with Gasteiger partial charge in [0.1, 0.15) is 11.5 Å². The highest BCUT2D eigenvalue weighted by Gasteiger charge is 2.39. The van der Waals surface area contributed by atoms with Crippen LogP contribution in [0.25, 0.3) is 11.4 Å². The van der Waals surface area contributed by atoms with Crippen molar-refractivity contribution >= 4 is 11.9 Å². The number of esters is 1. The first-order valence-electron chi connectivity index (χ1n) is 12.5. The first kappa shape index (κ1) is 32.2. The average molecular weight is 600 g/mol. The fraction of sp³-hybridized carbons (Fsp3) is 0.357. The molecule has 226 valence electrons. The predicted molar refractivity (Wildman–Crippen MR) is 138 cm³/mol. The highest BCUT2D eigenvalue weighted by molar-refractivity contribution is 5.95. The van der Waals surface area contributed by atoms with Gasteiger partial charge in [-0.3, -0.25) is 4.79 Å². The molecule has 0 saturated carbocycles. The summed E-state index contributed by atoms with van der Waals surface area (Å²) in [5.74, 6) is -2.32. The van der Waals surface area contributed by atoms with Gasteiger partial charge in [-0.05, 0) is 76.1 Å². The summed E-state index contributed by atoms with van der Waals surface area (Å²) in [6.45, 7) is 8.20. The molecular weight excluding hydrogens is 572 g/mol. The zero-order valence-electron chi connectivity index (χ0n) is 23.1. The van der Waals surface area contributed by atoms with E-state index in [0.29, 0.717) is 23.1 Å². The van der Waals surface area contributed by atoms with Crippen LogP contribution in [0.2, 0.25) is 0 Å². The fourth-order valence-corrected chi connectivity index (χ4v) is 3.74. The number of hydrogen-bond acceptors (Lipinski definition) is 7. The largest absolute Gasteiger partial charge is 0.573 e. The van der Waals surface area contributed by atoms with Crippen LogP contribution < -0.4 is 14.8 Å². The van der Waals surface area contributed by atoms with Crippen LogP contribution in [0.3, 0.4) is 0 Å². The van der Waals surface area contributed by atoms with E-state index < -0.39 is 58.9 Å². The third-order valence-electron chi connectivity index (χ3n) is 5.83. The first-order valence-corrected chi connectivity index (χ1v) is 12.5. The number of nitrogens with zero attached hydrogens (tertiary/aromatic N) is 2. The molecule has 0 saturated heterocycles. The normalized spacial score (nSPS) is 12.8. The van der Waals surface area contributed by atoms with Crippen molar-refractivity contribution in [1.82, 2.24) is 15.3 Å². The molecule has 1 amide bonds. The number of carbonyl (C=O) groups is 2. The summed E-state index contributed by atoms with van der Waals surface area (Å²) in [4.78, 5) is 32.4. The lowest BCUT2D eigenvalue weighted by atomic mass is 10.0. The van der Waals surface area contributed by atoms with Gasteiger partial charge in [-0.25, -0.2) is 14.8 Å². The lowest BCUT2D eigenvalue weighted by molar-refractivity contribution is -0.274. The van der Waals surface area contributed by atoms with Crippen molar-refractivity contribution in [1.29, 1.82) is 0 Å². The van der Waals surface area contributed by atoms with Gasteiger partial charge in [0.2, 0.25) is 0 Å². The molecule has 3 rings (SSSR count). The van der Waals surface area contributed by atoms with Crippen LogP contribution >= 0.6 is 0 Å². The Hall–Kier alpha value is -4.36. The van der Waals surface area contributed by atoms with E-state index in [2.05, 4.69) is 20.0 Å². The first-order chi connectivity index (χ1) is 19.4. The molecule has 0 spiro atoms. The highest BCUT2D eigenvalue weighted by Crippen LogP contribution is 2.33. The highest BCUT2D eigenvalue weighted by atomic mass is 19.4. The molecule has 8 nitrogen and oxygen atoms in total. The number of halogens is 6. The molecule has 0 aliphatic rings. The molecule has 1 unspecified atom stereocenters. The summed E-state index contributed by atoms with van der Waals surface area (Å²) in [6.07, 6.45) is -9.29. The van der Waals surface area contributed by atoms with E-state index >= 15 is 0 Å². The number of rotatable bonds is 9. The maximum absolute atomic E-state index is 13.9. The van der Waals surface area contributed by atoms with Crippen molar-refractivity contribution in [2.75, 3.05) is 6.61 Å². The number of aromatic nitrogens is 2. The second-order valence-electron chi connectivity index (χ2n) is 9.58. The Morgan fingerprint density at radius 3 is 2.17 bits per heavy atom. The molecule has 0 fully saturated rings. The minimum Gasteiger partial charge on any atom is -0.476 e. The molecule has 2 aromatic carbocycles. The SMILES string of the molecule is CCOC(=O)C(C)(C)Oc1ccc(C(C)NC(=O)c2cnc(-c3ccc(OC(F)(F)F)cc3)nc2C(F)(F)F)cc1C.